The Hall–Kier alpha value is -3.93. The number of amides is 1. The van der Waals surface area contributed by atoms with E-state index in [2.05, 4.69) is 18.8 Å². The lowest BCUT2D eigenvalue weighted by Gasteiger charge is -2.26. The summed E-state index contributed by atoms with van der Waals surface area (Å²) in [7, 11) is 0. The summed E-state index contributed by atoms with van der Waals surface area (Å²) >= 11 is 0. The molecule has 0 spiro atoms. The van der Waals surface area contributed by atoms with Gasteiger partial charge in [0.15, 0.2) is 0 Å². The number of aromatic nitrogens is 1. The molecule has 2 heterocycles. The fourth-order valence-electron chi connectivity index (χ4n) is 4.50. The van der Waals surface area contributed by atoms with Crippen molar-refractivity contribution in [1.82, 2.24) is 9.88 Å². The number of Topliss-reactive ketones (excluding diaryl/α,β-unsaturated/α-hetero) is 1. The van der Waals surface area contributed by atoms with Gasteiger partial charge in [-0.3, -0.25) is 14.6 Å². The maximum Gasteiger partial charge on any atom is 0.295 e. The van der Waals surface area contributed by atoms with Gasteiger partial charge >= 0.3 is 0 Å². The fourth-order valence-corrected chi connectivity index (χ4v) is 4.50. The lowest BCUT2D eigenvalue weighted by Crippen LogP contribution is -2.29. The molecule has 4 rings (SSSR count). The van der Waals surface area contributed by atoms with Crippen molar-refractivity contribution in [1.29, 1.82) is 0 Å². The molecule has 0 aliphatic carbocycles. The monoisotopic (exact) mass is 484 g/mol. The number of pyridine rings is 1. The van der Waals surface area contributed by atoms with Gasteiger partial charge in [-0.25, -0.2) is 0 Å². The van der Waals surface area contributed by atoms with Crippen LogP contribution in [0.5, 0.6) is 5.75 Å². The van der Waals surface area contributed by atoms with Crippen LogP contribution in [0.25, 0.3) is 5.76 Å². The van der Waals surface area contributed by atoms with Crippen molar-refractivity contribution in [2.75, 3.05) is 6.61 Å². The van der Waals surface area contributed by atoms with E-state index in [-0.39, 0.29) is 17.9 Å². The van der Waals surface area contributed by atoms with Crippen LogP contribution in [0.2, 0.25) is 0 Å². The van der Waals surface area contributed by atoms with Gasteiger partial charge in [-0.1, -0.05) is 51.1 Å². The highest BCUT2D eigenvalue weighted by atomic mass is 16.5. The Morgan fingerprint density at radius 2 is 1.86 bits per heavy atom. The van der Waals surface area contributed by atoms with Gasteiger partial charge in [0.2, 0.25) is 0 Å². The van der Waals surface area contributed by atoms with Crippen molar-refractivity contribution in [2.24, 2.45) is 0 Å². The molecule has 2 aromatic carbocycles. The third-order valence-corrected chi connectivity index (χ3v) is 6.46. The van der Waals surface area contributed by atoms with Gasteiger partial charge in [0.1, 0.15) is 11.5 Å². The SMILES string of the molecule is CCCOc1ccc(C(O)=C2C(=O)C(=O)N(Cc3cccnc3)[C@@H]2c2ccc(C(C)C)cc2)c(C)c1. The van der Waals surface area contributed by atoms with Crippen molar-refractivity contribution >= 4 is 17.4 Å². The van der Waals surface area contributed by atoms with E-state index in [9.17, 15) is 14.7 Å². The third-order valence-electron chi connectivity index (χ3n) is 6.46. The number of aryl methyl sites for hydroxylation is 1. The number of rotatable bonds is 8. The number of benzene rings is 2. The predicted molar refractivity (Wildman–Crippen MR) is 140 cm³/mol. The van der Waals surface area contributed by atoms with E-state index >= 15 is 0 Å². The first-order valence-electron chi connectivity index (χ1n) is 12.3. The minimum atomic E-state index is -0.721. The molecular weight excluding hydrogens is 452 g/mol. The molecule has 186 valence electrons. The molecule has 1 aromatic heterocycles. The minimum absolute atomic E-state index is 0.0894. The maximum absolute atomic E-state index is 13.3. The molecule has 1 atom stereocenters. The second-order valence-corrected chi connectivity index (χ2v) is 9.43. The highest BCUT2D eigenvalue weighted by Gasteiger charge is 2.46. The van der Waals surface area contributed by atoms with Gasteiger partial charge in [-0.2, -0.15) is 0 Å². The smallest absolute Gasteiger partial charge is 0.295 e. The molecule has 0 unspecified atom stereocenters. The lowest BCUT2D eigenvalue weighted by molar-refractivity contribution is -0.140. The lowest BCUT2D eigenvalue weighted by atomic mass is 9.92. The van der Waals surface area contributed by atoms with Gasteiger partial charge in [-0.15, -0.1) is 0 Å². The topological polar surface area (TPSA) is 79.7 Å². The third kappa shape index (κ3) is 5.03. The standard InChI is InChI=1S/C30H32N2O4/c1-5-15-36-24-12-13-25(20(4)16-24)28(33)26-27(23-10-8-22(9-11-23)19(2)3)32(30(35)29(26)34)18-21-7-6-14-31-17-21/h6-14,16-17,19,27,33H,5,15,18H2,1-4H3/t27-/m1/s1. The quantitative estimate of drug-likeness (QED) is 0.244. The second kappa shape index (κ2) is 10.8. The van der Waals surface area contributed by atoms with E-state index in [1.165, 1.54) is 4.90 Å². The number of ketones is 1. The molecule has 36 heavy (non-hydrogen) atoms. The number of aliphatic hydroxyl groups is 1. The van der Waals surface area contributed by atoms with Crippen molar-refractivity contribution in [3.05, 3.63) is 100 Å². The highest BCUT2D eigenvalue weighted by Crippen LogP contribution is 2.41. The van der Waals surface area contributed by atoms with E-state index in [0.717, 1.165) is 28.7 Å². The summed E-state index contributed by atoms with van der Waals surface area (Å²) in [6.45, 7) is 8.91. The molecule has 3 aromatic rings. The summed E-state index contributed by atoms with van der Waals surface area (Å²) in [5.41, 5.74) is 4.07. The Kier molecular flexibility index (Phi) is 7.53. The Morgan fingerprint density at radius 1 is 1.11 bits per heavy atom. The van der Waals surface area contributed by atoms with Gasteiger partial charge in [-0.05, 0) is 65.8 Å². The summed E-state index contributed by atoms with van der Waals surface area (Å²) in [4.78, 5) is 32.3. The molecule has 0 bridgehead atoms. The van der Waals surface area contributed by atoms with Crippen LogP contribution >= 0.6 is 0 Å². The summed E-state index contributed by atoms with van der Waals surface area (Å²) in [5, 5.41) is 11.4. The molecular formula is C30H32N2O4. The fraction of sp³-hybridized carbons (Fsp3) is 0.300. The molecule has 1 amide bonds. The van der Waals surface area contributed by atoms with E-state index in [0.29, 0.717) is 23.8 Å². The zero-order valence-corrected chi connectivity index (χ0v) is 21.2. The van der Waals surface area contributed by atoms with Crippen LogP contribution in [0.3, 0.4) is 0 Å². The van der Waals surface area contributed by atoms with Gasteiger partial charge in [0.25, 0.3) is 11.7 Å². The van der Waals surface area contributed by atoms with Crippen molar-refractivity contribution in [2.45, 2.75) is 52.6 Å². The zero-order valence-electron chi connectivity index (χ0n) is 21.2. The van der Waals surface area contributed by atoms with Crippen molar-refractivity contribution in [3.63, 3.8) is 0 Å². The van der Waals surface area contributed by atoms with Crippen LogP contribution in [-0.2, 0) is 16.1 Å². The molecule has 1 N–H and O–H groups in total. The van der Waals surface area contributed by atoms with E-state index < -0.39 is 17.7 Å². The summed E-state index contributed by atoms with van der Waals surface area (Å²) < 4.78 is 5.71. The normalized spacial score (nSPS) is 17.1. The molecule has 1 saturated heterocycles. The Balaban J connectivity index is 1.82. The van der Waals surface area contributed by atoms with Crippen LogP contribution < -0.4 is 4.74 Å². The molecule has 1 aliphatic rings. The first-order chi connectivity index (χ1) is 17.3. The first kappa shape index (κ1) is 25.2. The van der Waals surface area contributed by atoms with Crippen LogP contribution in [0, 0.1) is 6.92 Å². The number of carbonyl (C=O) groups is 2. The average Bonchev–Trinajstić information content (AvgIpc) is 3.12. The Bertz CT molecular complexity index is 1280. The largest absolute Gasteiger partial charge is 0.507 e. The molecule has 0 radical (unpaired) electrons. The number of hydrogen-bond acceptors (Lipinski definition) is 5. The number of nitrogens with zero attached hydrogens (tertiary/aromatic N) is 2. The summed E-state index contributed by atoms with van der Waals surface area (Å²) in [5.74, 6) is -0.473. The Morgan fingerprint density at radius 3 is 2.47 bits per heavy atom. The van der Waals surface area contributed by atoms with Gasteiger partial charge in [0, 0.05) is 24.5 Å². The number of aliphatic hydroxyl groups excluding tert-OH is 1. The van der Waals surface area contributed by atoms with Crippen molar-refractivity contribution < 1.29 is 19.4 Å². The zero-order chi connectivity index (χ0) is 25.8. The molecule has 0 saturated carbocycles. The minimum Gasteiger partial charge on any atom is -0.507 e. The maximum atomic E-state index is 13.3. The number of carbonyl (C=O) groups excluding carboxylic acids is 2. The molecule has 1 aliphatic heterocycles. The Labute approximate surface area is 212 Å². The number of likely N-dealkylation sites (tertiary alicyclic amines) is 1. The highest BCUT2D eigenvalue weighted by molar-refractivity contribution is 6.46. The predicted octanol–water partition coefficient (Wildman–Crippen LogP) is 5.92. The van der Waals surface area contributed by atoms with Crippen LogP contribution in [0.1, 0.15) is 67.0 Å². The van der Waals surface area contributed by atoms with Crippen LogP contribution in [-0.4, -0.2) is 33.3 Å². The van der Waals surface area contributed by atoms with E-state index in [4.69, 9.17) is 4.74 Å². The average molecular weight is 485 g/mol. The summed E-state index contributed by atoms with van der Waals surface area (Å²) in [6.07, 6.45) is 4.23. The number of ether oxygens (including phenoxy) is 1. The molecule has 1 fully saturated rings. The van der Waals surface area contributed by atoms with Gasteiger partial charge < -0.3 is 14.7 Å². The second-order valence-electron chi connectivity index (χ2n) is 9.43. The van der Waals surface area contributed by atoms with Crippen molar-refractivity contribution in [3.8, 4) is 5.75 Å². The molecule has 6 nitrogen and oxygen atoms in total. The van der Waals surface area contributed by atoms with Gasteiger partial charge in [0.05, 0.1) is 18.2 Å². The van der Waals surface area contributed by atoms with E-state index in [1.54, 1.807) is 30.6 Å². The number of hydrogen-bond donors (Lipinski definition) is 1. The van der Waals surface area contributed by atoms with Crippen LogP contribution in [0.15, 0.2) is 72.6 Å². The van der Waals surface area contributed by atoms with E-state index in [1.807, 2.05) is 50.2 Å². The summed E-state index contributed by atoms with van der Waals surface area (Å²) in [6, 6.07) is 16.2. The first-order valence-corrected chi connectivity index (χ1v) is 12.3. The molecule has 6 heteroatoms. The van der Waals surface area contributed by atoms with Crippen LogP contribution in [0.4, 0.5) is 0 Å².